The van der Waals surface area contributed by atoms with E-state index in [1.165, 1.54) is 5.56 Å². The molecule has 1 fully saturated rings. The summed E-state index contributed by atoms with van der Waals surface area (Å²) in [5, 5.41) is 10.3. The highest BCUT2D eigenvalue weighted by Crippen LogP contribution is 2.16. The maximum Gasteiger partial charge on any atom is 0.0900 e. The first-order valence-electron chi connectivity index (χ1n) is 8.62. The van der Waals surface area contributed by atoms with Crippen LogP contribution in [-0.2, 0) is 16.0 Å². The Morgan fingerprint density at radius 3 is 2.65 bits per heavy atom. The number of aliphatic hydroxyl groups is 1. The summed E-state index contributed by atoms with van der Waals surface area (Å²) in [5.74, 6) is 0. The van der Waals surface area contributed by atoms with Crippen LogP contribution in [0.3, 0.4) is 0 Å². The van der Waals surface area contributed by atoms with Gasteiger partial charge in [-0.05, 0) is 39.2 Å². The second-order valence-electron chi connectivity index (χ2n) is 7.39. The fraction of sp³-hybridized carbons (Fsp3) is 0.684. The van der Waals surface area contributed by atoms with Gasteiger partial charge in [-0.2, -0.15) is 0 Å². The van der Waals surface area contributed by atoms with E-state index in [1.807, 2.05) is 26.8 Å². The zero-order valence-corrected chi connectivity index (χ0v) is 14.7. The Balaban J connectivity index is 1.89. The van der Waals surface area contributed by atoms with Gasteiger partial charge >= 0.3 is 0 Å². The summed E-state index contributed by atoms with van der Waals surface area (Å²) >= 11 is 0. The van der Waals surface area contributed by atoms with Gasteiger partial charge in [-0.1, -0.05) is 30.3 Å². The van der Waals surface area contributed by atoms with E-state index >= 15 is 0 Å². The summed E-state index contributed by atoms with van der Waals surface area (Å²) in [5.41, 5.74) is 1.04. The Morgan fingerprint density at radius 1 is 1.30 bits per heavy atom. The molecule has 1 saturated heterocycles. The molecule has 2 rings (SSSR count). The zero-order chi connectivity index (χ0) is 16.7. The molecule has 0 aromatic heterocycles. The van der Waals surface area contributed by atoms with E-state index in [4.69, 9.17) is 9.47 Å². The lowest BCUT2D eigenvalue weighted by molar-refractivity contribution is -0.0594. The van der Waals surface area contributed by atoms with Gasteiger partial charge in [-0.15, -0.1) is 0 Å². The number of nitrogens with zero attached hydrogens (tertiary/aromatic N) is 1. The van der Waals surface area contributed by atoms with E-state index in [0.717, 1.165) is 32.5 Å². The minimum atomic E-state index is -0.487. The first-order valence-corrected chi connectivity index (χ1v) is 8.62. The standard InChI is InChI=1S/C19H31NO3/c1-19(2,3)23-15-17(21)13-20(14-18-10-7-11-22-18)12-16-8-5-4-6-9-16/h4-6,8-9,17-18,21H,7,10-15H2,1-3H3/t17-,18+/m0/s1. The van der Waals surface area contributed by atoms with Crippen molar-refractivity contribution in [2.75, 3.05) is 26.3 Å². The van der Waals surface area contributed by atoms with E-state index in [1.54, 1.807) is 0 Å². The van der Waals surface area contributed by atoms with Gasteiger partial charge in [0.05, 0.1) is 24.4 Å². The van der Waals surface area contributed by atoms with Crippen LogP contribution < -0.4 is 0 Å². The largest absolute Gasteiger partial charge is 0.389 e. The molecule has 0 radical (unpaired) electrons. The molecule has 1 aliphatic rings. The molecule has 1 aliphatic heterocycles. The first kappa shape index (κ1) is 18.4. The Labute approximate surface area is 140 Å². The number of benzene rings is 1. The molecular weight excluding hydrogens is 290 g/mol. The second-order valence-corrected chi connectivity index (χ2v) is 7.39. The molecule has 0 spiro atoms. The number of hydrogen-bond donors (Lipinski definition) is 1. The maximum absolute atomic E-state index is 10.3. The molecule has 0 unspecified atom stereocenters. The topological polar surface area (TPSA) is 41.9 Å². The number of hydrogen-bond acceptors (Lipinski definition) is 4. The molecule has 4 nitrogen and oxygen atoms in total. The molecule has 4 heteroatoms. The van der Waals surface area contributed by atoms with Crippen molar-refractivity contribution >= 4 is 0 Å². The maximum atomic E-state index is 10.3. The van der Waals surface area contributed by atoms with Crippen molar-refractivity contribution in [3.8, 4) is 0 Å². The molecular formula is C19H31NO3. The predicted octanol–water partition coefficient (Wildman–Crippen LogP) is 2.84. The van der Waals surface area contributed by atoms with E-state index in [9.17, 15) is 5.11 Å². The van der Waals surface area contributed by atoms with Crippen LogP contribution in [0, 0.1) is 0 Å². The highest BCUT2D eigenvalue weighted by atomic mass is 16.5. The van der Waals surface area contributed by atoms with Gasteiger partial charge in [0.1, 0.15) is 0 Å². The van der Waals surface area contributed by atoms with Crippen molar-refractivity contribution in [3.05, 3.63) is 35.9 Å². The van der Waals surface area contributed by atoms with E-state index in [0.29, 0.717) is 13.2 Å². The average molecular weight is 321 g/mol. The van der Waals surface area contributed by atoms with Crippen LogP contribution in [0.25, 0.3) is 0 Å². The Morgan fingerprint density at radius 2 is 2.04 bits per heavy atom. The molecule has 1 heterocycles. The minimum Gasteiger partial charge on any atom is -0.389 e. The molecule has 1 aromatic rings. The molecule has 0 aliphatic carbocycles. The van der Waals surface area contributed by atoms with Crippen molar-refractivity contribution in [1.29, 1.82) is 0 Å². The summed E-state index contributed by atoms with van der Waals surface area (Å²) in [4.78, 5) is 2.28. The molecule has 0 bridgehead atoms. The van der Waals surface area contributed by atoms with Gasteiger partial charge in [0.15, 0.2) is 0 Å². The number of rotatable bonds is 8. The van der Waals surface area contributed by atoms with Crippen molar-refractivity contribution in [2.45, 2.75) is 58.0 Å². The molecule has 0 amide bonds. The SMILES string of the molecule is CC(C)(C)OC[C@@H](O)CN(Cc1ccccc1)C[C@H]1CCCO1. The van der Waals surface area contributed by atoms with Crippen molar-refractivity contribution in [1.82, 2.24) is 4.90 Å². The molecule has 23 heavy (non-hydrogen) atoms. The lowest BCUT2D eigenvalue weighted by Crippen LogP contribution is -2.40. The second kappa shape index (κ2) is 8.78. The van der Waals surface area contributed by atoms with Gasteiger partial charge in [-0.25, -0.2) is 0 Å². The van der Waals surface area contributed by atoms with Crippen LogP contribution >= 0.6 is 0 Å². The van der Waals surface area contributed by atoms with Crippen LogP contribution in [0.5, 0.6) is 0 Å². The van der Waals surface area contributed by atoms with E-state index in [2.05, 4.69) is 29.2 Å². The molecule has 2 atom stereocenters. The summed E-state index contributed by atoms with van der Waals surface area (Å²) in [6, 6.07) is 10.4. The highest BCUT2D eigenvalue weighted by molar-refractivity contribution is 5.14. The lowest BCUT2D eigenvalue weighted by Gasteiger charge is -2.29. The van der Waals surface area contributed by atoms with Crippen LogP contribution in [0.2, 0.25) is 0 Å². The highest BCUT2D eigenvalue weighted by Gasteiger charge is 2.22. The quantitative estimate of drug-likeness (QED) is 0.799. The molecule has 1 N–H and O–H groups in total. The average Bonchev–Trinajstić information content (AvgIpc) is 2.98. The van der Waals surface area contributed by atoms with E-state index < -0.39 is 6.10 Å². The van der Waals surface area contributed by atoms with Gasteiger partial charge in [0.25, 0.3) is 0 Å². The Hall–Kier alpha value is -0.940. The molecule has 0 saturated carbocycles. The minimum absolute atomic E-state index is 0.222. The Bertz CT molecular complexity index is 438. The van der Waals surface area contributed by atoms with Crippen LogP contribution in [-0.4, -0.2) is 54.1 Å². The lowest BCUT2D eigenvalue weighted by atomic mass is 10.1. The summed E-state index contributed by atoms with van der Waals surface area (Å²) in [6.07, 6.45) is 2.05. The van der Waals surface area contributed by atoms with Gasteiger partial charge < -0.3 is 14.6 Å². The third-order valence-electron chi connectivity index (χ3n) is 3.91. The third kappa shape index (κ3) is 7.44. The van der Waals surface area contributed by atoms with Gasteiger partial charge in [0, 0.05) is 26.2 Å². The monoisotopic (exact) mass is 321 g/mol. The fourth-order valence-electron chi connectivity index (χ4n) is 2.82. The van der Waals surface area contributed by atoms with Crippen LogP contribution in [0.4, 0.5) is 0 Å². The molecule has 1 aromatic carbocycles. The van der Waals surface area contributed by atoms with Crippen LogP contribution in [0.15, 0.2) is 30.3 Å². The first-order chi connectivity index (χ1) is 10.9. The number of aliphatic hydroxyl groups excluding tert-OH is 1. The summed E-state index contributed by atoms with van der Waals surface area (Å²) in [6.45, 7) is 9.54. The zero-order valence-electron chi connectivity index (χ0n) is 14.7. The van der Waals surface area contributed by atoms with Crippen molar-refractivity contribution in [3.63, 3.8) is 0 Å². The summed E-state index contributed by atoms with van der Waals surface area (Å²) in [7, 11) is 0. The normalized spacial score (nSPS) is 20.1. The third-order valence-corrected chi connectivity index (χ3v) is 3.91. The Kier molecular flexibility index (Phi) is 7.03. The van der Waals surface area contributed by atoms with Crippen LogP contribution in [0.1, 0.15) is 39.2 Å². The van der Waals surface area contributed by atoms with Gasteiger partial charge in [0.2, 0.25) is 0 Å². The molecule has 130 valence electrons. The van der Waals surface area contributed by atoms with E-state index in [-0.39, 0.29) is 11.7 Å². The predicted molar refractivity (Wildman–Crippen MR) is 92.4 cm³/mol. The number of ether oxygens (including phenoxy) is 2. The fourth-order valence-corrected chi connectivity index (χ4v) is 2.82. The van der Waals surface area contributed by atoms with Gasteiger partial charge in [-0.3, -0.25) is 4.90 Å². The van der Waals surface area contributed by atoms with Crippen molar-refractivity contribution < 1.29 is 14.6 Å². The smallest absolute Gasteiger partial charge is 0.0900 e. The summed E-state index contributed by atoms with van der Waals surface area (Å²) < 4.78 is 11.5. The van der Waals surface area contributed by atoms with Crippen molar-refractivity contribution in [2.24, 2.45) is 0 Å².